The standard InChI is InChI=1S/C20H20N2O4/c1-2-13-6-8-17(9-7-13)22-12-15(11-18(22)23)19(24)21-16-5-3-4-14(10-16)20(25)26/h3-10,15H,2,11-12H2,1H3,(H,21,24)(H,25,26)/p-1/t15-/m0/s1. The number of carbonyl (C=O) groups is 3. The van der Waals surface area contributed by atoms with Gasteiger partial charge in [-0.3, -0.25) is 9.59 Å². The molecule has 0 radical (unpaired) electrons. The van der Waals surface area contributed by atoms with Crippen molar-refractivity contribution < 1.29 is 19.5 Å². The van der Waals surface area contributed by atoms with Crippen molar-refractivity contribution in [3.05, 3.63) is 59.7 Å². The Bertz CT molecular complexity index is 845. The topological polar surface area (TPSA) is 89.5 Å². The molecule has 0 aliphatic carbocycles. The van der Waals surface area contributed by atoms with Gasteiger partial charge in [0.2, 0.25) is 11.8 Å². The fourth-order valence-corrected chi connectivity index (χ4v) is 3.01. The van der Waals surface area contributed by atoms with Gasteiger partial charge in [0, 0.05) is 24.3 Å². The van der Waals surface area contributed by atoms with Gasteiger partial charge in [0.25, 0.3) is 0 Å². The highest BCUT2D eigenvalue weighted by atomic mass is 16.4. The van der Waals surface area contributed by atoms with Gasteiger partial charge in [0.05, 0.1) is 11.9 Å². The molecular formula is C20H19N2O4-. The largest absolute Gasteiger partial charge is 0.545 e. The molecule has 1 saturated heterocycles. The van der Waals surface area contributed by atoms with Gasteiger partial charge in [-0.2, -0.15) is 0 Å². The maximum atomic E-state index is 12.5. The molecule has 2 amide bonds. The summed E-state index contributed by atoms with van der Waals surface area (Å²) in [4.78, 5) is 37.3. The first kappa shape index (κ1) is 17.7. The normalized spacial score (nSPS) is 16.6. The maximum absolute atomic E-state index is 12.5. The van der Waals surface area contributed by atoms with Crippen molar-refractivity contribution in [3.63, 3.8) is 0 Å². The van der Waals surface area contributed by atoms with Gasteiger partial charge in [-0.15, -0.1) is 0 Å². The van der Waals surface area contributed by atoms with E-state index in [0.717, 1.165) is 12.1 Å². The number of aromatic carboxylic acids is 1. The van der Waals surface area contributed by atoms with E-state index in [-0.39, 0.29) is 23.8 Å². The molecule has 0 aromatic heterocycles. The van der Waals surface area contributed by atoms with Crippen LogP contribution in [0.1, 0.15) is 29.3 Å². The minimum Gasteiger partial charge on any atom is -0.545 e. The molecule has 6 nitrogen and oxygen atoms in total. The van der Waals surface area contributed by atoms with E-state index in [4.69, 9.17) is 0 Å². The number of hydrogen-bond acceptors (Lipinski definition) is 4. The summed E-state index contributed by atoms with van der Waals surface area (Å²) in [5.74, 6) is -2.20. The van der Waals surface area contributed by atoms with E-state index >= 15 is 0 Å². The Hall–Kier alpha value is -3.15. The van der Waals surface area contributed by atoms with E-state index in [2.05, 4.69) is 12.2 Å². The van der Waals surface area contributed by atoms with Crippen molar-refractivity contribution >= 4 is 29.2 Å². The van der Waals surface area contributed by atoms with Crippen molar-refractivity contribution in [2.24, 2.45) is 5.92 Å². The molecule has 1 fully saturated rings. The molecule has 1 N–H and O–H groups in total. The molecule has 1 aliphatic heterocycles. The predicted octanol–water partition coefficient (Wildman–Crippen LogP) is 1.60. The van der Waals surface area contributed by atoms with Crippen LogP contribution in [0.4, 0.5) is 11.4 Å². The zero-order chi connectivity index (χ0) is 18.7. The number of benzene rings is 2. The van der Waals surface area contributed by atoms with E-state index in [1.807, 2.05) is 24.3 Å². The Morgan fingerprint density at radius 2 is 1.92 bits per heavy atom. The summed E-state index contributed by atoms with van der Waals surface area (Å²) >= 11 is 0. The van der Waals surface area contributed by atoms with Gasteiger partial charge < -0.3 is 20.1 Å². The summed E-state index contributed by atoms with van der Waals surface area (Å²) in [6.07, 6.45) is 1.05. The van der Waals surface area contributed by atoms with Crippen LogP contribution in [-0.4, -0.2) is 24.3 Å². The van der Waals surface area contributed by atoms with Gasteiger partial charge in [0.15, 0.2) is 0 Å². The lowest BCUT2D eigenvalue weighted by molar-refractivity contribution is -0.255. The van der Waals surface area contributed by atoms with Crippen molar-refractivity contribution in [2.75, 3.05) is 16.8 Å². The van der Waals surface area contributed by atoms with Crippen molar-refractivity contribution in [1.29, 1.82) is 0 Å². The zero-order valence-corrected chi connectivity index (χ0v) is 14.4. The Kier molecular flexibility index (Phi) is 5.02. The summed E-state index contributed by atoms with van der Waals surface area (Å²) in [5, 5.41) is 13.6. The van der Waals surface area contributed by atoms with E-state index in [1.54, 1.807) is 11.0 Å². The lowest BCUT2D eigenvalue weighted by Crippen LogP contribution is -2.28. The van der Waals surface area contributed by atoms with Crippen LogP contribution in [0.3, 0.4) is 0 Å². The van der Waals surface area contributed by atoms with E-state index in [1.165, 1.54) is 23.8 Å². The lowest BCUT2D eigenvalue weighted by atomic mass is 10.1. The minimum atomic E-state index is -1.31. The number of nitrogens with zero attached hydrogens (tertiary/aromatic N) is 1. The average molecular weight is 351 g/mol. The number of carboxylic acids is 1. The molecule has 6 heteroatoms. The maximum Gasteiger partial charge on any atom is 0.229 e. The molecule has 2 aromatic carbocycles. The van der Waals surface area contributed by atoms with Crippen LogP contribution in [0.25, 0.3) is 0 Å². The summed E-state index contributed by atoms with van der Waals surface area (Å²) < 4.78 is 0. The number of rotatable bonds is 5. The van der Waals surface area contributed by atoms with Crippen molar-refractivity contribution in [1.82, 2.24) is 0 Å². The molecule has 134 valence electrons. The molecule has 0 unspecified atom stereocenters. The predicted molar refractivity (Wildman–Crippen MR) is 95.7 cm³/mol. The van der Waals surface area contributed by atoms with Crippen LogP contribution in [0.2, 0.25) is 0 Å². The Labute approximate surface area is 151 Å². The lowest BCUT2D eigenvalue weighted by Gasteiger charge is -2.17. The fraction of sp³-hybridized carbons (Fsp3) is 0.250. The van der Waals surface area contributed by atoms with Gasteiger partial charge in [-0.05, 0) is 41.8 Å². The number of hydrogen-bond donors (Lipinski definition) is 1. The molecule has 0 spiro atoms. The Morgan fingerprint density at radius 3 is 2.58 bits per heavy atom. The van der Waals surface area contributed by atoms with Crippen molar-refractivity contribution in [3.8, 4) is 0 Å². The average Bonchev–Trinajstić information content (AvgIpc) is 3.04. The third-order valence-corrected chi connectivity index (χ3v) is 4.52. The second kappa shape index (κ2) is 7.39. The number of aryl methyl sites for hydroxylation is 1. The summed E-state index contributed by atoms with van der Waals surface area (Å²) in [6.45, 7) is 2.36. The Morgan fingerprint density at radius 1 is 1.19 bits per heavy atom. The van der Waals surface area contributed by atoms with E-state index in [0.29, 0.717) is 12.2 Å². The molecule has 26 heavy (non-hydrogen) atoms. The molecule has 0 saturated carbocycles. The van der Waals surface area contributed by atoms with Crippen molar-refractivity contribution in [2.45, 2.75) is 19.8 Å². The SMILES string of the molecule is CCc1ccc(N2C[C@@H](C(=O)Nc3cccc(C(=O)[O-])c3)CC2=O)cc1. The highest BCUT2D eigenvalue weighted by molar-refractivity contribution is 6.03. The third kappa shape index (κ3) is 3.74. The number of amides is 2. The Balaban J connectivity index is 1.68. The molecule has 0 bridgehead atoms. The zero-order valence-electron chi connectivity index (χ0n) is 14.4. The molecular weight excluding hydrogens is 332 g/mol. The molecule has 1 heterocycles. The quantitative estimate of drug-likeness (QED) is 0.886. The number of nitrogens with one attached hydrogen (secondary N) is 1. The number of anilines is 2. The third-order valence-electron chi connectivity index (χ3n) is 4.52. The monoisotopic (exact) mass is 351 g/mol. The summed E-state index contributed by atoms with van der Waals surface area (Å²) in [7, 11) is 0. The fourth-order valence-electron chi connectivity index (χ4n) is 3.01. The molecule has 2 aromatic rings. The van der Waals surface area contributed by atoms with Crippen LogP contribution in [0.15, 0.2) is 48.5 Å². The summed E-state index contributed by atoms with van der Waals surface area (Å²) in [5.41, 5.74) is 2.32. The molecule has 1 atom stereocenters. The van der Waals surface area contributed by atoms with Crippen LogP contribution < -0.4 is 15.3 Å². The van der Waals surface area contributed by atoms with E-state index < -0.39 is 11.9 Å². The molecule has 1 aliphatic rings. The first-order valence-electron chi connectivity index (χ1n) is 8.49. The van der Waals surface area contributed by atoms with Crippen LogP contribution in [0, 0.1) is 5.92 Å². The first-order valence-corrected chi connectivity index (χ1v) is 8.49. The first-order chi connectivity index (χ1) is 12.5. The van der Waals surface area contributed by atoms with E-state index in [9.17, 15) is 19.5 Å². The van der Waals surface area contributed by atoms with Crippen LogP contribution >= 0.6 is 0 Å². The smallest absolute Gasteiger partial charge is 0.229 e. The summed E-state index contributed by atoms with van der Waals surface area (Å²) in [6, 6.07) is 13.6. The van der Waals surface area contributed by atoms with Gasteiger partial charge in [-0.1, -0.05) is 31.2 Å². The highest BCUT2D eigenvalue weighted by Crippen LogP contribution is 2.26. The number of carboxylic acid groups (broad SMARTS) is 1. The van der Waals surface area contributed by atoms with Gasteiger partial charge in [0.1, 0.15) is 0 Å². The number of carbonyl (C=O) groups excluding carboxylic acids is 3. The highest BCUT2D eigenvalue weighted by Gasteiger charge is 2.35. The minimum absolute atomic E-state index is 0.0112. The van der Waals surface area contributed by atoms with Crippen LogP contribution in [0.5, 0.6) is 0 Å². The van der Waals surface area contributed by atoms with Gasteiger partial charge in [-0.25, -0.2) is 0 Å². The second-order valence-electron chi connectivity index (χ2n) is 6.28. The molecule has 3 rings (SSSR count). The van der Waals surface area contributed by atoms with Gasteiger partial charge >= 0.3 is 0 Å². The second-order valence-corrected chi connectivity index (χ2v) is 6.28. The van der Waals surface area contributed by atoms with Crippen LogP contribution in [-0.2, 0) is 16.0 Å².